The molecule has 0 radical (unpaired) electrons. The molecule has 0 aliphatic carbocycles. The molecular formula is C23H13FN2O3S. The fourth-order valence-electron chi connectivity index (χ4n) is 3.18. The molecule has 2 heterocycles. The second kappa shape index (κ2) is 7.20. The van der Waals surface area contributed by atoms with Crippen molar-refractivity contribution in [1.29, 1.82) is 0 Å². The maximum atomic E-state index is 13.7. The highest BCUT2D eigenvalue weighted by molar-refractivity contribution is 7.15. The summed E-state index contributed by atoms with van der Waals surface area (Å²) in [5.41, 5.74) is 2.08. The summed E-state index contributed by atoms with van der Waals surface area (Å²) < 4.78 is 21.1. The monoisotopic (exact) mass is 416 g/mol. The Kier molecular flexibility index (Phi) is 4.37. The number of carbonyl (C=O) groups is 1. The second-order valence-corrected chi connectivity index (χ2v) is 7.58. The van der Waals surface area contributed by atoms with Gasteiger partial charge in [0.15, 0.2) is 4.96 Å². The minimum absolute atomic E-state index is 0.126. The summed E-state index contributed by atoms with van der Waals surface area (Å²) in [5.74, 6) is -1.11. The molecule has 0 amide bonds. The Labute approximate surface area is 173 Å². The molecule has 0 spiro atoms. The lowest BCUT2D eigenvalue weighted by atomic mass is 10.2. The van der Waals surface area contributed by atoms with Crippen molar-refractivity contribution >= 4 is 39.4 Å². The van der Waals surface area contributed by atoms with Gasteiger partial charge in [-0.05, 0) is 48.0 Å². The number of nitrogens with zero attached hydrogens (tertiary/aromatic N) is 2. The van der Waals surface area contributed by atoms with E-state index < -0.39 is 11.8 Å². The van der Waals surface area contributed by atoms with Crippen LogP contribution in [-0.4, -0.2) is 15.4 Å². The average Bonchev–Trinajstić information content (AvgIpc) is 3.26. The molecule has 0 aliphatic heterocycles. The van der Waals surface area contributed by atoms with E-state index in [4.69, 9.17) is 4.74 Å². The summed E-state index contributed by atoms with van der Waals surface area (Å²) in [6.45, 7) is 0. The van der Waals surface area contributed by atoms with Crippen molar-refractivity contribution in [1.82, 2.24) is 9.38 Å². The molecule has 0 N–H and O–H groups in total. The number of para-hydroxylation sites is 2. The minimum atomic E-state index is -0.766. The topological polar surface area (TPSA) is 60.7 Å². The van der Waals surface area contributed by atoms with Gasteiger partial charge in [0.25, 0.3) is 5.56 Å². The lowest BCUT2D eigenvalue weighted by Gasteiger charge is -2.05. The normalized spacial score (nSPS) is 12.0. The molecule has 0 saturated carbocycles. The number of hydrogen-bond acceptors (Lipinski definition) is 5. The first-order valence-corrected chi connectivity index (χ1v) is 9.90. The van der Waals surface area contributed by atoms with Crippen molar-refractivity contribution in [2.45, 2.75) is 0 Å². The van der Waals surface area contributed by atoms with E-state index in [-0.39, 0.29) is 16.9 Å². The molecule has 2 aromatic heterocycles. The number of ether oxygens (including phenoxy) is 1. The first kappa shape index (κ1) is 18.2. The molecule has 3 aromatic carbocycles. The van der Waals surface area contributed by atoms with E-state index in [9.17, 15) is 14.0 Å². The van der Waals surface area contributed by atoms with Crippen LogP contribution < -0.4 is 14.8 Å². The van der Waals surface area contributed by atoms with E-state index in [1.54, 1.807) is 40.8 Å². The van der Waals surface area contributed by atoms with Crippen LogP contribution in [0.3, 0.4) is 0 Å². The fourth-order valence-corrected chi connectivity index (χ4v) is 4.17. The Balaban J connectivity index is 1.44. The van der Waals surface area contributed by atoms with Crippen LogP contribution in [0.1, 0.15) is 15.9 Å². The van der Waals surface area contributed by atoms with Crippen molar-refractivity contribution in [3.05, 3.63) is 105 Å². The summed E-state index contributed by atoms with van der Waals surface area (Å²) >= 11 is 1.31. The van der Waals surface area contributed by atoms with Gasteiger partial charge in [-0.2, -0.15) is 0 Å². The number of hydrogen-bond donors (Lipinski definition) is 0. The summed E-state index contributed by atoms with van der Waals surface area (Å²) in [4.78, 5) is 30.1. The van der Waals surface area contributed by atoms with E-state index in [0.29, 0.717) is 9.49 Å². The van der Waals surface area contributed by atoms with Crippen LogP contribution in [0, 0.1) is 5.82 Å². The molecule has 5 aromatic rings. The minimum Gasteiger partial charge on any atom is -0.423 e. The van der Waals surface area contributed by atoms with Gasteiger partial charge in [-0.25, -0.2) is 18.6 Å². The molecule has 30 heavy (non-hydrogen) atoms. The second-order valence-electron chi connectivity index (χ2n) is 6.57. The molecule has 5 nitrogen and oxygen atoms in total. The van der Waals surface area contributed by atoms with Crippen LogP contribution in [-0.2, 0) is 0 Å². The van der Waals surface area contributed by atoms with Crippen molar-refractivity contribution in [2.24, 2.45) is 0 Å². The lowest BCUT2D eigenvalue weighted by Crippen LogP contribution is -2.22. The van der Waals surface area contributed by atoms with Crippen LogP contribution in [0.2, 0.25) is 0 Å². The zero-order chi connectivity index (χ0) is 20.7. The van der Waals surface area contributed by atoms with E-state index in [1.165, 1.54) is 29.5 Å². The summed E-state index contributed by atoms with van der Waals surface area (Å²) in [6, 6.07) is 19.8. The van der Waals surface area contributed by atoms with Gasteiger partial charge in [0, 0.05) is 0 Å². The largest absolute Gasteiger partial charge is 0.423 e. The Morgan fingerprint density at radius 1 is 1.00 bits per heavy atom. The van der Waals surface area contributed by atoms with Gasteiger partial charge in [-0.1, -0.05) is 47.7 Å². The van der Waals surface area contributed by atoms with Crippen LogP contribution in [0.5, 0.6) is 5.75 Å². The number of thiazole rings is 1. The average molecular weight is 416 g/mol. The first-order chi connectivity index (χ1) is 14.6. The molecule has 0 unspecified atom stereocenters. The molecule has 7 heteroatoms. The SMILES string of the molecule is O=C(Oc1ccc(C=c2sc3nc4ccccc4n3c2=O)cc1)c1ccccc1F. The lowest BCUT2D eigenvalue weighted by molar-refractivity contribution is 0.0730. The number of esters is 1. The van der Waals surface area contributed by atoms with Crippen LogP contribution >= 0.6 is 11.3 Å². The number of rotatable bonds is 3. The third-order valence-corrected chi connectivity index (χ3v) is 5.60. The van der Waals surface area contributed by atoms with Crippen molar-refractivity contribution in [3.63, 3.8) is 0 Å². The van der Waals surface area contributed by atoms with E-state index in [1.807, 2.05) is 24.3 Å². The molecule has 0 bridgehead atoms. The van der Waals surface area contributed by atoms with E-state index in [0.717, 1.165) is 16.6 Å². The third-order valence-electron chi connectivity index (χ3n) is 4.63. The van der Waals surface area contributed by atoms with Crippen LogP contribution in [0.4, 0.5) is 4.39 Å². The fraction of sp³-hybridized carbons (Fsp3) is 0. The Bertz CT molecular complexity index is 1520. The number of carbonyl (C=O) groups excluding carboxylic acids is 1. The first-order valence-electron chi connectivity index (χ1n) is 9.09. The highest BCUT2D eigenvalue weighted by Crippen LogP contribution is 2.18. The van der Waals surface area contributed by atoms with Crippen molar-refractivity contribution < 1.29 is 13.9 Å². The zero-order valence-corrected chi connectivity index (χ0v) is 16.2. The number of fused-ring (bicyclic) bond motifs is 3. The molecule has 0 aliphatic rings. The van der Waals surface area contributed by atoms with Crippen molar-refractivity contribution in [2.75, 3.05) is 0 Å². The molecule has 5 rings (SSSR count). The molecule has 0 atom stereocenters. The van der Waals surface area contributed by atoms with Gasteiger partial charge in [-0.15, -0.1) is 0 Å². The van der Waals surface area contributed by atoms with Gasteiger partial charge >= 0.3 is 5.97 Å². The molecule has 0 fully saturated rings. The third kappa shape index (κ3) is 3.15. The number of benzene rings is 3. The van der Waals surface area contributed by atoms with Gasteiger partial charge in [-0.3, -0.25) is 4.79 Å². The van der Waals surface area contributed by atoms with Gasteiger partial charge < -0.3 is 4.74 Å². The maximum absolute atomic E-state index is 13.7. The smallest absolute Gasteiger partial charge is 0.346 e. The summed E-state index contributed by atoms with van der Waals surface area (Å²) in [7, 11) is 0. The molecule has 0 saturated heterocycles. The maximum Gasteiger partial charge on any atom is 0.346 e. The zero-order valence-electron chi connectivity index (χ0n) is 15.4. The van der Waals surface area contributed by atoms with E-state index in [2.05, 4.69) is 4.98 Å². The number of halogens is 1. The number of imidazole rings is 1. The highest BCUT2D eigenvalue weighted by atomic mass is 32.1. The highest BCUT2D eigenvalue weighted by Gasteiger charge is 2.13. The van der Waals surface area contributed by atoms with E-state index >= 15 is 0 Å². The Morgan fingerprint density at radius 2 is 1.73 bits per heavy atom. The predicted molar refractivity (Wildman–Crippen MR) is 113 cm³/mol. The Hall–Kier alpha value is -3.84. The summed E-state index contributed by atoms with van der Waals surface area (Å²) in [5, 5.41) is 0. The number of aromatic nitrogens is 2. The quantitative estimate of drug-likeness (QED) is 0.331. The standard InChI is InChI=1S/C23H13FN2O3S/c24-17-6-2-1-5-16(17)22(28)29-15-11-9-14(10-12-15)13-20-21(27)26-19-8-4-3-7-18(19)25-23(26)30-20/h1-13H. The van der Waals surface area contributed by atoms with Crippen LogP contribution in [0.25, 0.3) is 22.1 Å². The van der Waals surface area contributed by atoms with Gasteiger partial charge in [0.05, 0.1) is 21.1 Å². The Morgan fingerprint density at radius 3 is 2.53 bits per heavy atom. The van der Waals surface area contributed by atoms with Crippen molar-refractivity contribution in [3.8, 4) is 5.75 Å². The van der Waals surface area contributed by atoms with Gasteiger partial charge in [0.1, 0.15) is 11.6 Å². The predicted octanol–water partition coefficient (Wildman–Crippen LogP) is 3.82. The van der Waals surface area contributed by atoms with Gasteiger partial charge in [0.2, 0.25) is 0 Å². The summed E-state index contributed by atoms with van der Waals surface area (Å²) in [6.07, 6.45) is 1.76. The molecular weight excluding hydrogens is 403 g/mol. The van der Waals surface area contributed by atoms with Crippen LogP contribution in [0.15, 0.2) is 77.6 Å². The molecule has 146 valence electrons.